The molecule has 3 atom stereocenters. The molecule has 13 heteroatoms. The number of carbonyl (C=O) groups excluding carboxylic acids is 6. The second kappa shape index (κ2) is 13.8. The fourth-order valence-electron chi connectivity index (χ4n) is 4.68. The van der Waals surface area contributed by atoms with Crippen LogP contribution in [0.1, 0.15) is 62.2 Å². The summed E-state index contributed by atoms with van der Waals surface area (Å²) in [4.78, 5) is 85.9. The Morgan fingerprint density at radius 2 is 1.74 bits per heavy atom. The fourth-order valence-corrected chi connectivity index (χ4v) is 4.68. The van der Waals surface area contributed by atoms with Gasteiger partial charge in [0.1, 0.15) is 17.8 Å². The third-order valence-electron chi connectivity index (χ3n) is 6.91. The summed E-state index contributed by atoms with van der Waals surface area (Å²) in [5.74, 6) is -4.41. The summed E-state index contributed by atoms with van der Waals surface area (Å²) >= 11 is 0. The summed E-state index contributed by atoms with van der Waals surface area (Å²) in [6.45, 7) is 6.76. The minimum atomic E-state index is -1.16. The van der Waals surface area contributed by atoms with E-state index in [1.54, 1.807) is 27.7 Å². The maximum absolute atomic E-state index is 14.1. The van der Waals surface area contributed by atoms with Gasteiger partial charge in [-0.15, -0.1) is 0 Å². The predicted octanol–water partition coefficient (Wildman–Crippen LogP) is 0.0301. The van der Waals surface area contributed by atoms with Crippen molar-refractivity contribution in [2.24, 2.45) is 11.1 Å². The molecule has 0 radical (unpaired) electrons. The Bertz CT molecular complexity index is 1340. The number of ketones is 1. The van der Waals surface area contributed by atoms with Gasteiger partial charge in [0.25, 0.3) is 11.8 Å². The summed E-state index contributed by atoms with van der Waals surface area (Å²) in [5, 5.41) is 7.79. The highest BCUT2D eigenvalue weighted by molar-refractivity contribution is 6.37. The molecule has 3 rings (SSSR count). The number of Topliss-reactive ketones (excluding diaryl/α,β-unsaturated/α-hetero) is 1. The third-order valence-corrected chi connectivity index (χ3v) is 6.91. The summed E-state index contributed by atoms with van der Waals surface area (Å²) in [6, 6.07) is 4.15. The van der Waals surface area contributed by atoms with E-state index >= 15 is 0 Å². The number of benzene rings is 1. The standard InChI is InChI=1S/C29H37N7O6/c1-5-8-19(23(38)25(30)39)34-27(41)21-13-17-9-6-7-10-18(17)16-36(21)28(42)24(29(2,3)4)35-22(37)15-33-26(40)20-14-31-11-12-32-20/h6-7,9-12,14,19,21,24H,5,8,13,15-16H2,1-4H3,(H2,30,39)(H,33,40)(H,34,41)(H,35,37)/t19-,21-,24+/m0/s1. The summed E-state index contributed by atoms with van der Waals surface area (Å²) in [5.41, 5.74) is 6.14. The van der Waals surface area contributed by atoms with E-state index in [-0.39, 0.29) is 25.1 Å². The van der Waals surface area contributed by atoms with Crippen molar-refractivity contribution in [2.45, 2.75) is 71.6 Å². The van der Waals surface area contributed by atoms with Gasteiger partial charge >= 0.3 is 0 Å². The quantitative estimate of drug-likeness (QED) is 0.268. The number of nitrogens with zero attached hydrogens (tertiary/aromatic N) is 3. The van der Waals surface area contributed by atoms with E-state index in [1.165, 1.54) is 23.5 Å². The molecule has 0 saturated heterocycles. The molecule has 224 valence electrons. The molecule has 2 heterocycles. The number of hydrogen-bond donors (Lipinski definition) is 4. The predicted molar refractivity (Wildman–Crippen MR) is 151 cm³/mol. The lowest BCUT2D eigenvalue weighted by molar-refractivity contribution is -0.147. The van der Waals surface area contributed by atoms with Crippen LogP contribution in [0.25, 0.3) is 0 Å². The smallest absolute Gasteiger partial charge is 0.287 e. The highest BCUT2D eigenvalue weighted by Gasteiger charge is 2.42. The molecule has 42 heavy (non-hydrogen) atoms. The summed E-state index contributed by atoms with van der Waals surface area (Å²) in [6.07, 6.45) is 4.89. The van der Waals surface area contributed by atoms with Crippen molar-refractivity contribution in [3.8, 4) is 0 Å². The number of fused-ring (bicyclic) bond motifs is 1. The lowest BCUT2D eigenvalue weighted by Crippen LogP contribution is -2.62. The van der Waals surface area contributed by atoms with Crippen molar-refractivity contribution in [2.75, 3.05) is 6.54 Å². The second-order valence-electron chi connectivity index (χ2n) is 11.2. The van der Waals surface area contributed by atoms with Crippen molar-refractivity contribution >= 4 is 35.3 Å². The molecule has 5 amide bonds. The molecular formula is C29H37N7O6. The van der Waals surface area contributed by atoms with Crippen LogP contribution in [0.4, 0.5) is 0 Å². The van der Waals surface area contributed by atoms with Gasteiger partial charge in [-0.2, -0.15) is 0 Å². The molecule has 1 aromatic carbocycles. The van der Waals surface area contributed by atoms with E-state index < -0.39 is 65.4 Å². The molecule has 1 aromatic heterocycles. The zero-order valence-corrected chi connectivity index (χ0v) is 24.2. The van der Waals surface area contributed by atoms with E-state index in [0.29, 0.717) is 6.42 Å². The van der Waals surface area contributed by atoms with Gasteiger partial charge in [-0.3, -0.25) is 33.8 Å². The third kappa shape index (κ3) is 7.95. The van der Waals surface area contributed by atoms with Gasteiger partial charge in [-0.05, 0) is 23.0 Å². The zero-order chi connectivity index (χ0) is 31.0. The van der Waals surface area contributed by atoms with E-state index in [4.69, 9.17) is 5.73 Å². The largest absolute Gasteiger partial charge is 0.363 e. The number of nitrogens with two attached hydrogens (primary N) is 1. The van der Waals surface area contributed by atoms with Crippen LogP contribution >= 0.6 is 0 Å². The van der Waals surface area contributed by atoms with Crippen LogP contribution in [-0.4, -0.2) is 74.9 Å². The SMILES string of the molecule is CCC[C@H](NC(=O)[C@@H]1Cc2ccccc2CN1C(=O)[C@@H](NC(=O)CNC(=O)c1cnccn1)C(C)(C)C)C(=O)C(N)=O. The molecule has 0 unspecified atom stereocenters. The maximum atomic E-state index is 14.1. The van der Waals surface area contributed by atoms with Crippen LogP contribution in [0.3, 0.4) is 0 Å². The van der Waals surface area contributed by atoms with Crippen LogP contribution < -0.4 is 21.7 Å². The van der Waals surface area contributed by atoms with Gasteiger partial charge in [0.2, 0.25) is 23.5 Å². The molecular weight excluding hydrogens is 542 g/mol. The number of aromatic nitrogens is 2. The Morgan fingerprint density at radius 1 is 1.05 bits per heavy atom. The molecule has 0 spiro atoms. The number of carbonyl (C=O) groups is 6. The van der Waals surface area contributed by atoms with E-state index in [9.17, 15) is 28.8 Å². The number of rotatable bonds is 11. The molecule has 2 aromatic rings. The topological polar surface area (TPSA) is 194 Å². The summed E-state index contributed by atoms with van der Waals surface area (Å²) in [7, 11) is 0. The first kappa shape index (κ1) is 31.8. The monoisotopic (exact) mass is 579 g/mol. The molecule has 1 aliphatic heterocycles. The van der Waals surface area contributed by atoms with Crippen molar-refractivity contribution in [3.63, 3.8) is 0 Å². The molecule has 1 aliphatic rings. The maximum Gasteiger partial charge on any atom is 0.287 e. The average Bonchev–Trinajstić information content (AvgIpc) is 2.96. The van der Waals surface area contributed by atoms with Crippen LogP contribution in [0.2, 0.25) is 0 Å². The first-order chi connectivity index (χ1) is 19.8. The second-order valence-corrected chi connectivity index (χ2v) is 11.2. The zero-order valence-electron chi connectivity index (χ0n) is 24.2. The Balaban J connectivity index is 1.84. The Labute approximate surface area is 244 Å². The highest BCUT2D eigenvalue weighted by Crippen LogP contribution is 2.28. The van der Waals surface area contributed by atoms with Gasteiger partial charge < -0.3 is 26.6 Å². The van der Waals surface area contributed by atoms with Crippen molar-refractivity contribution in [3.05, 3.63) is 59.7 Å². The molecule has 13 nitrogen and oxygen atoms in total. The average molecular weight is 580 g/mol. The van der Waals surface area contributed by atoms with Gasteiger partial charge in [0, 0.05) is 25.4 Å². The molecule has 5 N–H and O–H groups in total. The van der Waals surface area contributed by atoms with Crippen LogP contribution in [-0.2, 0) is 36.9 Å². The summed E-state index contributed by atoms with van der Waals surface area (Å²) < 4.78 is 0. The van der Waals surface area contributed by atoms with Gasteiger partial charge in [-0.1, -0.05) is 58.4 Å². The Hall–Kier alpha value is -4.68. The van der Waals surface area contributed by atoms with E-state index in [1.807, 2.05) is 24.3 Å². The van der Waals surface area contributed by atoms with Crippen molar-refractivity contribution < 1.29 is 28.8 Å². The van der Waals surface area contributed by atoms with Crippen LogP contribution in [0.5, 0.6) is 0 Å². The number of primary amides is 1. The number of amides is 5. The van der Waals surface area contributed by atoms with Gasteiger partial charge in [0.05, 0.1) is 18.8 Å². The first-order valence-electron chi connectivity index (χ1n) is 13.7. The Morgan fingerprint density at radius 3 is 2.33 bits per heavy atom. The Kier molecular flexibility index (Phi) is 10.5. The minimum Gasteiger partial charge on any atom is -0.363 e. The van der Waals surface area contributed by atoms with Crippen molar-refractivity contribution in [1.29, 1.82) is 0 Å². The normalized spacial score (nSPS) is 15.9. The lowest BCUT2D eigenvalue weighted by Gasteiger charge is -2.41. The van der Waals surface area contributed by atoms with E-state index in [0.717, 1.165) is 11.1 Å². The minimum absolute atomic E-state index is 0.0331. The molecule has 0 aliphatic carbocycles. The highest BCUT2D eigenvalue weighted by atomic mass is 16.2. The molecule has 0 saturated carbocycles. The molecule has 0 fully saturated rings. The van der Waals surface area contributed by atoms with E-state index in [2.05, 4.69) is 25.9 Å². The molecule has 0 bridgehead atoms. The van der Waals surface area contributed by atoms with Crippen LogP contribution in [0, 0.1) is 5.41 Å². The fraction of sp³-hybridized carbons (Fsp3) is 0.448. The van der Waals surface area contributed by atoms with Crippen molar-refractivity contribution in [1.82, 2.24) is 30.8 Å². The first-order valence-corrected chi connectivity index (χ1v) is 13.7. The van der Waals surface area contributed by atoms with Gasteiger partial charge in [0.15, 0.2) is 0 Å². The lowest BCUT2D eigenvalue weighted by atomic mass is 9.84. The number of nitrogens with one attached hydrogen (secondary N) is 3. The van der Waals surface area contributed by atoms with Gasteiger partial charge in [-0.25, -0.2) is 4.98 Å². The van der Waals surface area contributed by atoms with Crippen LogP contribution in [0.15, 0.2) is 42.9 Å². The number of hydrogen-bond acceptors (Lipinski definition) is 8.